The lowest BCUT2D eigenvalue weighted by atomic mass is 10.2. The third kappa shape index (κ3) is 5.50. The molecule has 0 radical (unpaired) electrons. The van der Waals surface area contributed by atoms with Crippen LogP contribution in [0.15, 0.2) is 24.3 Å². The van der Waals surface area contributed by atoms with E-state index in [2.05, 4.69) is 0 Å². The van der Waals surface area contributed by atoms with Crippen molar-refractivity contribution in [2.45, 2.75) is 6.18 Å². The van der Waals surface area contributed by atoms with Gasteiger partial charge < -0.3 is 10.2 Å². The summed E-state index contributed by atoms with van der Waals surface area (Å²) in [5.41, 5.74) is -0.289. The monoisotopic (exact) mass is 254 g/mol. The number of carbonyl (C=O) groups is 2. The number of carboxylic acid groups (broad SMARTS) is 2. The summed E-state index contributed by atoms with van der Waals surface area (Å²) in [7, 11) is 0. The fourth-order valence-corrected chi connectivity index (χ4v) is 0.635. The van der Waals surface area contributed by atoms with Gasteiger partial charge in [-0.25, -0.2) is 14.0 Å². The molecule has 0 heterocycles. The molecule has 17 heavy (non-hydrogen) atoms. The lowest BCUT2D eigenvalue weighted by Gasteiger charge is -1.93. The second-order valence-electron chi connectivity index (χ2n) is 2.59. The van der Waals surface area contributed by atoms with E-state index in [1.807, 2.05) is 0 Å². The van der Waals surface area contributed by atoms with Gasteiger partial charge in [-0.1, -0.05) is 12.1 Å². The van der Waals surface area contributed by atoms with Crippen molar-refractivity contribution in [1.82, 2.24) is 0 Å². The second-order valence-corrected chi connectivity index (χ2v) is 2.59. The van der Waals surface area contributed by atoms with Crippen molar-refractivity contribution in [3.63, 3.8) is 0 Å². The maximum atomic E-state index is 12.5. The molecule has 0 aliphatic rings. The third-order valence-electron chi connectivity index (χ3n) is 1.35. The molecule has 0 fully saturated rings. The van der Waals surface area contributed by atoms with E-state index >= 15 is 0 Å². The maximum absolute atomic E-state index is 12.5. The molecule has 1 aromatic carbocycles. The predicted molar refractivity (Wildman–Crippen MR) is 47.1 cm³/mol. The number of halogens is 4. The molecular weight excluding hydrogens is 248 g/mol. The molecule has 0 saturated heterocycles. The predicted octanol–water partition coefficient (Wildman–Crippen LogP) is 2.16. The highest BCUT2D eigenvalue weighted by molar-refractivity contribution is 5.87. The number of aliphatic carboxylic acids is 1. The molecule has 0 aromatic heterocycles. The van der Waals surface area contributed by atoms with E-state index < -0.39 is 23.9 Å². The molecule has 2 N–H and O–H groups in total. The smallest absolute Gasteiger partial charge is 0.478 e. The van der Waals surface area contributed by atoms with Crippen molar-refractivity contribution >= 4 is 11.9 Å². The normalized spacial score (nSPS) is 10.1. The van der Waals surface area contributed by atoms with Crippen LogP contribution in [-0.2, 0) is 4.79 Å². The Morgan fingerprint density at radius 1 is 1.06 bits per heavy atom. The van der Waals surface area contributed by atoms with Crippen LogP contribution in [0.1, 0.15) is 10.4 Å². The van der Waals surface area contributed by atoms with Gasteiger partial charge in [0.15, 0.2) is 0 Å². The molecule has 1 rings (SSSR count). The summed E-state index contributed by atoms with van der Waals surface area (Å²) >= 11 is 0. The van der Waals surface area contributed by atoms with Crippen molar-refractivity contribution < 1.29 is 37.4 Å². The van der Waals surface area contributed by atoms with E-state index in [-0.39, 0.29) is 5.56 Å². The van der Waals surface area contributed by atoms with Crippen LogP contribution in [0.2, 0.25) is 0 Å². The Bertz CT molecular complexity index is 414. The van der Waals surface area contributed by atoms with E-state index in [9.17, 15) is 22.4 Å². The van der Waals surface area contributed by atoms with Gasteiger partial charge in [-0.15, -0.1) is 0 Å². The Morgan fingerprint density at radius 2 is 1.47 bits per heavy atom. The Balaban J connectivity index is 0.000000325. The van der Waals surface area contributed by atoms with E-state index in [1.54, 1.807) is 0 Å². The van der Waals surface area contributed by atoms with Gasteiger partial charge in [0, 0.05) is 0 Å². The molecule has 0 bridgehead atoms. The van der Waals surface area contributed by atoms with Crippen molar-refractivity contribution in [3.8, 4) is 0 Å². The largest absolute Gasteiger partial charge is 0.490 e. The van der Waals surface area contributed by atoms with Crippen LogP contribution in [-0.4, -0.2) is 28.3 Å². The van der Waals surface area contributed by atoms with Gasteiger partial charge >= 0.3 is 18.1 Å². The molecule has 1 aromatic rings. The topological polar surface area (TPSA) is 74.6 Å². The van der Waals surface area contributed by atoms with Gasteiger partial charge in [0.2, 0.25) is 0 Å². The number of hydrogen-bond donors (Lipinski definition) is 2. The maximum Gasteiger partial charge on any atom is 0.490 e. The zero-order chi connectivity index (χ0) is 13.6. The van der Waals surface area contributed by atoms with Crippen molar-refractivity contribution in [2.24, 2.45) is 0 Å². The average Bonchev–Trinajstić information content (AvgIpc) is 2.17. The molecule has 0 aliphatic carbocycles. The second kappa shape index (κ2) is 5.83. The summed E-state index contributed by atoms with van der Waals surface area (Å²) in [5, 5.41) is 15.5. The summed E-state index contributed by atoms with van der Waals surface area (Å²) in [5.74, 6) is -4.69. The first-order valence-corrected chi connectivity index (χ1v) is 3.94. The third-order valence-corrected chi connectivity index (χ3v) is 1.35. The zero-order valence-corrected chi connectivity index (χ0v) is 8.03. The number of aromatic carboxylic acids is 1. The van der Waals surface area contributed by atoms with Crippen LogP contribution < -0.4 is 0 Å². The van der Waals surface area contributed by atoms with Gasteiger partial charge in [0.1, 0.15) is 5.82 Å². The summed E-state index contributed by atoms with van der Waals surface area (Å²) in [6.07, 6.45) is -5.08. The van der Waals surface area contributed by atoms with Gasteiger partial charge in [-0.3, -0.25) is 0 Å². The van der Waals surface area contributed by atoms with Gasteiger partial charge in [-0.2, -0.15) is 13.2 Å². The van der Waals surface area contributed by atoms with Crippen LogP contribution in [0.3, 0.4) is 0 Å². The van der Waals surface area contributed by atoms with Crippen LogP contribution in [0.25, 0.3) is 0 Å². The summed E-state index contributed by atoms with van der Waals surface area (Å²) < 4.78 is 44.2. The quantitative estimate of drug-likeness (QED) is 0.753. The average molecular weight is 254 g/mol. The highest BCUT2D eigenvalue weighted by Crippen LogP contribution is 2.13. The van der Waals surface area contributed by atoms with Gasteiger partial charge in [0.25, 0.3) is 0 Å². The lowest BCUT2D eigenvalue weighted by molar-refractivity contribution is -0.192. The van der Waals surface area contributed by atoms with Gasteiger partial charge in [-0.05, 0) is 12.1 Å². The fraction of sp³-hybridized carbons (Fsp3) is 0.111. The number of benzene rings is 1. The lowest BCUT2D eigenvalue weighted by Crippen LogP contribution is -2.21. The first-order chi connectivity index (χ1) is 7.66. The zero-order valence-electron chi connectivity index (χ0n) is 8.03. The van der Waals surface area contributed by atoms with E-state index in [4.69, 9.17) is 15.0 Å². The SMILES string of the molecule is O=C(O)C(F)(F)F.O=C(O)c1ccccc1F. The van der Waals surface area contributed by atoms with Crippen LogP contribution in [0, 0.1) is 5.82 Å². The Hall–Kier alpha value is -2.12. The van der Waals surface area contributed by atoms with Crippen molar-refractivity contribution in [2.75, 3.05) is 0 Å². The van der Waals surface area contributed by atoms with Crippen LogP contribution in [0.5, 0.6) is 0 Å². The van der Waals surface area contributed by atoms with Crippen molar-refractivity contribution in [1.29, 1.82) is 0 Å². The molecule has 4 nitrogen and oxygen atoms in total. The summed E-state index contributed by atoms with van der Waals surface area (Å²) in [6, 6.07) is 5.26. The van der Waals surface area contributed by atoms with Gasteiger partial charge in [0.05, 0.1) is 5.56 Å². The number of rotatable bonds is 1. The van der Waals surface area contributed by atoms with E-state index in [0.29, 0.717) is 0 Å². The minimum Gasteiger partial charge on any atom is -0.478 e. The standard InChI is InChI=1S/C7H5FO2.C2HF3O2/c8-6-4-2-1-3-5(6)7(9)10;3-2(4,5)1(6)7/h1-4H,(H,9,10);(H,6,7). The molecule has 0 aliphatic heterocycles. The fourth-order valence-electron chi connectivity index (χ4n) is 0.635. The Morgan fingerprint density at radius 3 is 1.71 bits per heavy atom. The summed E-state index contributed by atoms with van der Waals surface area (Å²) in [6.45, 7) is 0. The first kappa shape index (κ1) is 14.9. The number of alkyl halides is 3. The molecule has 0 unspecified atom stereocenters. The number of hydrogen-bond acceptors (Lipinski definition) is 2. The molecule has 0 spiro atoms. The van der Waals surface area contributed by atoms with E-state index in [0.717, 1.165) is 6.07 Å². The van der Waals surface area contributed by atoms with Crippen LogP contribution in [0.4, 0.5) is 17.6 Å². The van der Waals surface area contributed by atoms with Crippen molar-refractivity contribution in [3.05, 3.63) is 35.6 Å². The number of carboxylic acids is 2. The van der Waals surface area contributed by atoms with Crippen LogP contribution >= 0.6 is 0 Å². The molecule has 8 heteroatoms. The molecule has 0 saturated carbocycles. The first-order valence-electron chi connectivity index (χ1n) is 3.94. The Labute approximate surface area is 92.1 Å². The molecule has 0 atom stereocenters. The minimum atomic E-state index is -5.08. The minimum absolute atomic E-state index is 0.289. The molecule has 94 valence electrons. The highest BCUT2D eigenvalue weighted by atomic mass is 19.4. The molecule has 0 amide bonds. The highest BCUT2D eigenvalue weighted by Gasteiger charge is 2.38. The summed E-state index contributed by atoms with van der Waals surface area (Å²) in [4.78, 5) is 19.1. The Kier molecular flexibility index (Phi) is 5.10. The molecular formula is C9H6F4O4. The van der Waals surface area contributed by atoms with E-state index in [1.165, 1.54) is 18.2 Å².